The first-order valence-corrected chi connectivity index (χ1v) is 5.01. The third-order valence-corrected chi connectivity index (χ3v) is 2.49. The number of aryl methyl sites for hydroxylation is 1. The standard InChI is InChI=1S/C12H16N2O/c1-4-9-8(2)6-5-7-10(9)11(13)12(15)14-3/h5-7,13H,4H2,1-3H3,(H,14,15). The van der Waals surface area contributed by atoms with E-state index in [1.165, 1.54) is 7.05 Å². The second-order valence-electron chi connectivity index (χ2n) is 3.41. The molecule has 0 aliphatic rings. The van der Waals surface area contributed by atoms with E-state index in [1.54, 1.807) is 0 Å². The normalized spacial score (nSPS) is 9.80. The lowest BCUT2D eigenvalue weighted by Crippen LogP contribution is -2.28. The molecule has 80 valence electrons. The smallest absolute Gasteiger partial charge is 0.269 e. The van der Waals surface area contributed by atoms with Gasteiger partial charge in [0.15, 0.2) is 0 Å². The third-order valence-electron chi connectivity index (χ3n) is 2.49. The van der Waals surface area contributed by atoms with Gasteiger partial charge in [0.05, 0.1) is 0 Å². The van der Waals surface area contributed by atoms with Gasteiger partial charge >= 0.3 is 0 Å². The molecule has 15 heavy (non-hydrogen) atoms. The summed E-state index contributed by atoms with van der Waals surface area (Å²) in [5, 5.41) is 10.2. The highest BCUT2D eigenvalue weighted by molar-refractivity contribution is 6.44. The molecule has 0 bridgehead atoms. The molecule has 1 amide bonds. The Morgan fingerprint density at radius 3 is 2.67 bits per heavy atom. The van der Waals surface area contributed by atoms with Gasteiger partial charge < -0.3 is 5.32 Å². The van der Waals surface area contributed by atoms with Gasteiger partial charge in [-0.15, -0.1) is 0 Å². The average Bonchev–Trinajstić information content (AvgIpc) is 2.26. The first-order chi connectivity index (χ1) is 7.11. The molecule has 0 fully saturated rings. The summed E-state index contributed by atoms with van der Waals surface area (Å²) in [6.45, 7) is 4.03. The van der Waals surface area contributed by atoms with Crippen LogP contribution in [0, 0.1) is 12.3 Å². The molecule has 0 aliphatic carbocycles. The first-order valence-electron chi connectivity index (χ1n) is 5.01. The van der Waals surface area contributed by atoms with E-state index in [4.69, 9.17) is 5.41 Å². The molecule has 0 saturated carbocycles. The van der Waals surface area contributed by atoms with Crippen molar-refractivity contribution in [2.45, 2.75) is 20.3 Å². The Morgan fingerprint density at radius 1 is 1.47 bits per heavy atom. The van der Waals surface area contributed by atoms with Crippen molar-refractivity contribution in [3.8, 4) is 0 Å². The molecule has 0 aliphatic heterocycles. The van der Waals surface area contributed by atoms with Crippen molar-refractivity contribution >= 4 is 11.6 Å². The highest BCUT2D eigenvalue weighted by Gasteiger charge is 2.14. The van der Waals surface area contributed by atoms with E-state index in [2.05, 4.69) is 5.32 Å². The van der Waals surface area contributed by atoms with Crippen LogP contribution in [0.1, 0.15) is 23.6 Å². The summed E-state index contributed by atoms with van der Waals surface area (Å²) in [4.78, 5) is 11.4. The lowest BCUT2D eigenvalue weighted by atomic mass is 9.96. The molecule has 1 aromatic rings. The van der Waals surface area contributed by atoms with Crippen molar-refractivity contribution in [2.24, 2.45) is 0 Å². The Morgan fingerprint density at radius 2 is 2.13 bits per heavy atom. The van der Waals surface area contributed by atoms with Crippen LogP contribution >= 0.6 is 0 Å². The number of carbonyl (C=O) groups excluding carboxylic acids is 1. The van der Waals surface area contributed by atoms with Crippen LogP contribution in [0.5, 0.6) is 0 Å². The predicted octanol–water partition coefficient (Wildman–Crippen LogP) is 1.67. The predicted molar refractivity (Wildman–Crippen MR) is 61.5 cm³/mol. The molecule has 2 N–H and O–H groups in total. The van der Waals surface area contributed by atoms with Crippen LogP contribution in [-0.4, -0.2) is 18.7 Å². The van der Waals surface area contributed by atoms with Crippen molar-refractivity contribution < 1.29 is 4.79 Å². The van der Waals surface area contributed by atoms with Gasteiger partial charge in [-0.2, -0.15) is 0 Å². The molecular weight excluding hydrogens is 188 g/mol. The van der Waals surface area contributed by atoms with Gasteiger partial charge in [-0.3, -0.25) is 10.2 Å². The molecule has 3 heteroatoms. The Bertz CT molecular complexity index is 397. The fourth-order valence-corrected chi connectivity index (χ4v) is 1.65. The lowest BCUT2D eigenvalue weighted by molar-refractivity contribution is -0.114. The summed E-state index contributed by atoms with van der Waals surface area (Å²) in [6.07, 6.45) is 0.835. The molecule has 0 spiro atoms. The maximum atomic E-state index is 11.4. The summed E-state index contributed by atoms with van der Waals surface area (Å²) < 4.78 is 0. The number of amides is 1. The van der Waals surface area contributed by atoms with Gasteiger partial charge in [0, 0.05) is 12.6 Å². The van der Waals surface area contributed by atoms with Gasteiger partial charge in [0.25, 0.3) is 5.91 Å². The second-order valence-corrected chi connectivity index (χ2v) is 3.41. The SMILES string of the molecule is CCc1c(C)cccc1C(=N)C(=O)NC. The van der Waals surface area contributed by atoms with E-state index in [9.17, 15) is 4.79 Å². The van der Waals surface area contributed by atoms with E-state index in [0.717, 1.165) is 23.1 Å². The molecule has 0 heterocycles. The van der Waals surface area contributed by atoms with Gasteiger partial charge in [0.1, 0.15) is 5.71 Å². The fraction of sp³-hybridized carbons (Fsp3) is 0.333. The molecule has 1 rings (SSSR count). The highest BCUT2D eigenvalue weighted by Crippen LogP contribution is 2.15. The van der Waals surface area contributed by atoms with E-state index in [0.29, 0.717) is 0 Å². The molecule has 0 unspecified atom stereocenters. The number of hydrogen-bond acceptors (Lipinski definition) is 2. The summed E-state index contributed by atoms with van der Waals surface area (Å²) >= 11 is 0. The number of rotatable bonds is 3. The van der Waals surface area contributed by atoms with Crippen LogP contribution in [0.4, 0.5) is 0 Å². The summed E-state index contributed by atoms with van der Waals surface area (Å²) in [6, 6.07) is 5.70. The van der Waals surface area contributed by atoms with Crippen LogP contribution in [0.25, 0.3) is 0 Å². The van der Waals surface area contributed by atoms with Crippen LogP contribution in [0.2, 0.25) is 0 Å². The van der Waals surface area contributed by atoms with Crippen molar-refractivity contribution in [1.82, 2.24) is 5.32 Å². The van der Waals surface area contributed by atoms with E-state index in [1.807, 2.05) is 32.0 Å². The second kappa shape index (κ2) is 4.73. The number of hydrogen-bond donors (Lipinski definition) is 2. The first kappa shape index (κ1) is 11.4. The fourth-order valence-electron chi connectivity index (χ4n) is 1.65. The van der Waals surface area contributed by atoms with Crippen LogP contribution in [0.15, 0.2) is 18.2 Å². The Hall–Kier alpha value is -1.64. The molecule has 0 radical (unpaired) electrons. The van der Waals surface area contributed by atoms with Crippen LogP contribution in [-0.2, 0) is 11.2 Å². The maximum absolute atomic E-state index is 11.4. The molecule has 1 aromatic carbocycles. The number of carbonyl (C=O) groups is 1. The molecule has 3 nitrogen and oxygen atoms in total. The van der Waals surface area contributed by atoms with Crippen molar-refractivity contribution in [1.29, 1.82) is 5.41 Å². The monoisotopic (exact) mass is 204 g/mol. The number of benzene rings is 1. The van der Waals surface area contributed by atoms with Crippen LogP contribution in [0.3, 0.4) is 0 Å². The topological polar surface area (TPSA) is 53.0 Å². The highest BCUT2D eigenvalue weighted by atomic mass is 16.1. The van der Waals surface area contributed by atoms with Gasteiger partial charge in [0.2, 0.25) is 0 Å². The largest absolute Gasteiger partial charge is 0.354 e. The van der Waals surface area contributed by atoms with Crippen molar-refractivity contribution in [3.63, 3.8) is 0 Å². The third kappa shape index (κ3) is 2.24. The zero-order chi connectivity index (χ0) is 11.4. The Balaban J connectivity index is 3.19. The van der Waals surface area contributed by atoms with Crippen molar-refractivity contribution in [3.05, 3.63) is 34.9 Å². The average molecular weight is 204 g/mol. The van der Waals surface area contributed by atoms with Crippen LogP contribution < -0.4 is 5.32 Å². The van der Waals surface area contributed by atoms with Crippen molar-refractivity contribution in [2.75, 3.05) is 7.05 Å². The summed E-state index contributed by atoms with van der Waals surface area (Å²) in [5.41, 5.74) is 2.98. The number of nitrogens with one attached hydrogen (secondary N) is 2. The van der Waals surface area contributed by atoms with Gasteiger partial charge in [-0.1, -0.05) is 25.1 Å². The summed E-state index contributed by atoms with van der Waals surface area (Å²) in [5.74, 6) is -0.338. The maximum Gasteiger partial charge on any atom is 0.269 e. The van der Waals surface area contributed by atoms with E-state index >= 15 is 0 Å². The van der Waals surface area contributed by atoms with Gasteiger partial charge in [-0.05, 0) is 24.5 Å². The zero-order valence-corrected chi connectivity index (χ0v) is 9.35. The Labute approximate surface area is 90.0 Å². The molecule has 0 aromatic heterocycles. The van der Waals surface area contributed by atoms with E-state index < -0.39 is 0 Å². The minimum absolute atomic E-state index is 0.0399. The molecule has 0 saturated heterocycles. The zero-order valence-electron chi connectivity index (χ0n) is 9.35. The lowest BCUT2D eigenvalue weighted by Gasteiger charge is -2.10. The quantitative estimate of drug-likeness (QED) is 0.723. The number of likely N-dealkylation sites (N-methyl/N-ethyl adjacent to an activating group) is 1. The molecule has 0 atom stereocenters. The minimum Gasteiger partial charge on any atom is -0.354 e. The van der Waals surface area contributed by atoms with Gasteiger partial charge in [-0.25, -0.2) is 0 Å². The summed E-state index contributed by atoms with van der Waals surface area (Å²) in [7, 11) is 1.54. The molecular formula is C12H16N2O. The van der Waals surface area contributed by atoms with E-state index in [-0.39, 0.29) is 11.6 Å². The minimum atomic E-state index is -0.338. The Kier molecular flexibility index (Phi) is 3.61.